The number of benzene rings is 1. The molecule has 20 heavy (non-hydrogen) atoms. The predicted octanol–water partition coefficient (Wildman–Crippen LogP) is 1.55. The lowest BCUT2D eigenvalue weighted by molar-refractivity contribution is -0.384. The molecule has 7 nitrogen and oxygen atoms in total. The summed E-state index contributed by atoms with van der Waals surface area (Å²) in [4.78, 5) is 22.8. The smallest absolute Gasteiger partial charge is 0.293 e. The third-order valence-corrected chi connectivity index (χ3v) is 3.37. The van der Waals surface area contributed by atoms with Crippen molar-refractivity contribution in [3.8, 4) is 0 Å². The van der Waals surface area contributed by atoms with E-state index in [1.807, 2.05) is 6.92 Å². The fourth-order valence-electron chi connectivity index (χ4n) is 2.25. The molecule has 0 spiro atoms. The Balaban J connectivity index is 2.30. The second-order valence-corrected chi connectivity index (χ2v) is 5.02. The van der Waals surface area contributed by atoms with E-state index in [1.165, 1.54) is 12.1 Å². The molecule has 1 aliphatic heterocycles. The quantitative estimate of drug-likeness (QED) is 0.644. The number of nitrogens with zero attached hydrogens (tertiary/aromatic N) is 1. The molecule has 0 bridgehead atoms. The van der Waals surface area contributed by atoms with Crippen molar-refractivity contribution in [1.29, 1.82) is 0 Å². The summed E-state index contributed by atoms with van der Waals surface area (Å²) in [6.07, 6.45) is 0.725. The molecule has 0 aliphatic carbocycles. The average molecular weight is 279 g/mol. The molecule has 1 atom stereocenters. The van der Waals surface area contributed by atoms with Gasteiger partial charge in [-0.25, -0.2) is 0 Å². The highest BCUT2D eigenvalue weighted by molar-refractivity contribution is 6.02. The van der Waals surface area contributed by atoms with E-state index < -0.39 is 10.5 Å². The molecule has 1 amide bonds. The van der Waals surface area contributed by atoms with Crippen molar-refractivity contribution in [2.24, 2.45) is 0 Å². The molecule has 1 unspecified atom stereocenters. The summed E-state index contributed by atoms with van der Waals surface area (Å²) in [6, 6.07) is 4.43. The predicted molar refractivity (Wildman–Crippen MR) is 74.0 cm³/mol. The van der Waals surface area contributed by atoms with Crippen LogP contribution in [0.15, 0.2) is 18.2 Å². The molecule has 1 aromatic rings. The highest BCUT2D eigenvalue weighted by Crippen LogP contribution is 2.28. The Morgan fingerprint density at radius 1 is 1.50 bits per heavy atom. The zero-order chi connectivity index (χ0) is 14.8. The molecular formula is C13H17N3O4. The minimum Gasteiger partial charge on any atom is -0.382 e. The van der Waals surface area contributed by atoms with Crippen molar-refractivity contribution in [1.82, 2.24) is 5.32 Å². The standard InChI is InChI=1S/C13H17N3O4/c1-13(6-7-20-8-13)15-12(17)9-4-3-5-10(16(18)19)11(9)14-2/h3-5,14H,6-8H2,1-2H3,(H,15,17). The third-order valence-electron chi connectivity index (χ3n) is 3.37. The van der Waals surface area contributed by atoms with Gasteiger partial charge in [0.15, 0.2) is 0 Å². The van der Waals surface area contributed by atoms with Gasteiger partial charge in [-0.3, -0.25) is 14.9 Å². The first-order chi connectivity index (χ1) is 9.47. The first-order valence-electron chi connectivity index (χ1n) is 6.32. The van der Waals surface area contributed by atoms with Crippen LogP contribution in [0.3, 0.4) is 0 Å². The minimum atomic E-state index is -0.511. The molecule has 2 rings (SSSR count). The number of hydrogen-bond acceptors (Lipinski definition) is 5. The van der Waals surface area contributed by atoms with Gasteiger partial charge >= 0.3 is 0 Å². The number of hydrogen-bond donors (Lipinski definition) is 2. The molecule has 108 valence electrons. The van der Waals surface area contributed by atoms with E-state index >= 15 is 0 Å². The minimum absolute atomic E-state index is 0.118. The Bertz CT molecular complexity index is 538. The van der Waals surface area contributed by atoms with Gasteiger partial charge in [-0.05, 0) is 19.4 Å². The van der Waals surface area contributed by atoms with Crippen LogP contribution in [0, 0.1) is 10.1 Å². The Kier molecular flexibility index (Phi) is 3.89. The summed E-state index contributed by atoms with van der Waals surface area (Å²) in [5.41, 5.74) is -0.0625. The van der Waals surface area contributed by atoms with Gasteiger partial charge in [0.1, 0.15) is 5.69 Å². The van der Waals surface area contributed by atoms with E-state index in [0.29, 0.717) is 13.2 Å². The van der Waals surface area contributed by atoms with Crippen molar-refractivity contribution in [3.63, 3.8) is 0 Å². The van der Waals surface area contributed by atoms with Crippen LogP contribution in [0.25, 0.3) is 0 Å². The Morgan fingerprint density at radius 3 is 2.80 bits per heavy atom. The van der Waals surface area contributed by atoms with E-state index in [9.17, 15) is 14.9 Å². The second kappa shape index (κ2) is 5.46. The summed E-state index contributed by atoms with van der Waals surface area (Å²) in [6.45, 7) is 2.95. The zero-order valence-electron chi connectivity index (χ0n) is 11.4. The molecule has 1 saturated heterocycles. The van der Waals surface area contributed by atoms with E-state index in [2.05, 4.69) is 10.6 Å². The van der Waals surface area contributed by atoms with Gasteiger partial charge in [0.05, 0.1) is 22.6 Å². The lowest BCUT2D eigenvalue weighted by Crippen LogP contribution is -2.46. The van der Waals surface area contributed by atoms with Crippen LogP contribution in [0.2, 0.25) is 0 Å². The third kappa shape index (κ3) is 2.72. The highest BCUT2D eigenvalue weighted by atomic mass is 16.6. The fraction of sp³-hybridized carbons (Fsp3) is 0.462. The van der Waals surface area contributed by atoms with Crippen LogP contribution in [0.4, 0.5) is 11.4 Å². The summed E-state index contributed by atoms with van der Waals surface area (Å²) >= 11 is 0. The summed E-state index contributed by atoms with van der Waals surface area (Å²) in [7, 11) is 1.56. The van der Waals surface area contributed by atoms with Crippen molar-refractivity contribution in [2.45, 2.75) is 18.9 Å². The number of carbonyl (C=O) groups excluding carboxylic acids is 1. The normalized spacial score (nSPS) is 21.5. The van der Waals surface area contributed by atoms with Crippen molar-refractivity contribution in [3.05, 3.63) is 33.9 Å². The molecule has 2 N–H and O–H groups in total. The first-order valence-corrected chi connectivity index (χ1v) is 6.32. The number of para-hydroxylation sites is 1. The van der Waals surface area contributed by atoms with E-state index in [4.69, 9.17) is 4.74 Å². The van der Waals surface area contributed by atoms with Crippen LogP contribution < -0.4 is 10.6 Å². The number of carbonyl (C=O) groups is 1. The molecule has 1 heterocycles. The molecule has 0 radical (unpaired) electrons. The highest BCUT2D eigenvalue weighted by Gasteiger charge is 2.32. The second-order valence-electron chi connectivity index (χ2n) is 5.02. The number of nitrogens with one attached hydrogen (secondary N) is 2. The lowest BCUT2D eigenvalue weighted by Gasteiger charge is -2.24. The van der Waals surface area contributed by atoms with Gasteiger partial charge < -0.3 is 15.4 Å². The number of rotatable bonds is 4. The van der Waals surface area contributed by atoms with Crippen LogP contribution in [0.1, 0.15) is 23.7 Å². The summed E-state index contributed by atoms with van der Waals surface area (Å²) in [5, 5.41) is 16.6. The molecule has 1 aromatic carbocycles. The monoisotopic (exact) mass is 279 g/mol. The summed E-state index contributed by atoms with van der Waals surface area (Å²) in [5.74, 6) is -0.342. The summed E-state index contributed by atoms with van der Waals surface area (Å²) < 4.78 is 5.28. The Labute approximate surface area is 116 Å². The van der Waals surface area contributed by atoms with Crippen molar-refractivity contribution >= 4 is 17.3 Å². The largest absolute Gasteiger partial charge is 0.382 e. The molecule has 0 aromatic heterocycles. The van der Waals surface area contributed by atoms with Gasteiger partial charge in [-0.1, -0.05) is 6.07 Å². The van der Waals surface area contributed by atoms with E-state index in [0.717, 1.165) is 6.42 Å². The Morgan fingerprint density at radius 2 is 2.25 bits per heavy atom. The van der Waals surface area contributed by atoms with E-state index in [-0.39, 0.29) is 22.8 Å². The van der Waals surface area contributed by atoms with Crippen molar-refractivity contribution < 1.29 is 14.5 Å². The number of nitro benzene ring substituents is 1. The number of nitro groups is 1. The average Bonchev–Trinajstić information content (AvgIpc) is 2.83. The zero-order valence-corrected chi connectivity index (χ0v) is 11.4. The maximum Gasteiger partial charge on any atom is 0.293 e. The molecule has 1 fully saturated rings. The van der Waals surface area contributed by atoms with Crippen LogP contribution in [-0.4, -0.2) is 36.6 Å². The SMILES string of the molecule is CNc1c(C(=O)NC2(C)CCOC2)cccc1[N+](=O)[O-]. The fourth-order valence-corrected chi connectivity index (χ4v) is 2.25. The molecule has 0 saturated carbocycles. The molecule has 7 heteroatoms. The number of amides is 1. The van der Waals surface area contributed by atoms with Crippen LogP contribution >= 0.6 is 0 Å². The molecular weight excluding hydrogens is 262 g/mol. The van der Waals surface area contributed by atoms with Gasteiger partial charge in [0, 0.05) is 19.7 Å². The number of ether oxygens (including phenoxy) is 1. The van der Waals surface area contributed by atoms with Crippen LogP contribution in [0.5, 0.6) is 0 Å². The number of anilines is 1. The Hall–Kier alpha value is -2.15. The topological polar surface area (TPSA) is 93.5 Å². The first kappa shape index (κ1) is 14.3. The maximum atomic E-state index is 12.3. The lowest BCUT2D eigenvalue weighted by atomic mass is 10.0. The van der Waals surface area contributed by atoms with Gasteiger partial charge in [0.25, 0.3) is 11.6 Å². The van der Waals surface area contributed by atoms with Gasteiger partial charge in [0.2, 0.25) is 0 Å². The van der Waals surface area contributed by atoms with Crippen molar-refractivity contribution in [2.75, 3.05) is 25.6 Å². The van der Waals surface area contributed by atoms with Crippen LogP contribution in [-0.2, 0) is 4.74 Å². The molecule has 1 aliphatic rings. The van der Waals surface area contributed by atoms with E-state index in [1.54, 1.807) is 13.1 Å². The van der Waals surface area contributed by atoms with Gasteiger partial charge in [-0.15, -0.1) is 0 Å². The van der Waals surface area contributed by atoms with Gasteiger partial charge in [-0.2, -0.15) is 0 Å². The maximum absolute atomic E-state index is 12.3.